The predicted molar refractivity (Wildman–Crippen MR) is 127 cm³/mol. The second-order valence-electron chi connectivity index (χ2n) is 5.94. The highest BCUT2D eigenvalue weighted by atomic mass is 127. The third-order valence-corrected chi connectivity index (χ3v) is 3.98. The lowest BCUT2D eigenvalue weighted by Gasteiger charge is -2.12. The van der Waals surface area contributed by atoms with Gasteiger partial charge in [0.25, 0.3) is 0 Å². The highest BCUT2D eigenvalue weighted by molar-refractivity contribution is 14.0. The van der Waals surface area contributed by atoms with Crippen molar-refractivity contribution >= 4 is 41.5 Å². The lowest BCUT2D eigenvalue weighted by Crippen LogP contribution is -2.41. The molecule has 0 aliphatic heterocycles. The Balaban J connectivity index is 0.00000392. The molecule has 28 heavy (non-hydrogen) atoms. The van der Waals surface area contributed by atoms with E-state index in [1.165, 1.54) is 11.1 Å². The van der Waals surface area contributed by atoms with Crippen LogP contribution in [0.25, 0.3) is 0 Å². The average Bonchev–Trinajstić information content (AvgIpc) is 2.70. The van der Waals surface area contributed by atoms with Gasteiger partial charge in [0, 0.05) is 17.8 Å². The molecule has 0 spiro atoms. The summed E-state index contributed by atoms with van der Waals surface area (Å²) < 4.78 is 0. The second kappa shape index (κ2) is 12.8. The highest BCUT2D eigenvalue weighted by Crippen LogP contribution is 2.11. The molecule has 0 aliphatic carbocycles. The van der Waals surface area contributed by atoms with E-state index in [0.29, 0.717) is 24.7 Å². The van der Waals surface area contributed by atoms with E-state index < -0.39 is 0 Å². The lowest BCUT2D eigenvalue weighted by molar-refractivity contribution is -0.115. The van der Waals surface area contributed by atoms with E-state index in [1.807, 2.05) is 31.2 Å². The van der Waals surface area contributed by atoms with Gasteiger partial charge in [0.1, 0.15) is 0 Å². The molecule has 2 aromatic carbocycles. The van der Waals surface area contributed by atoms with Crippen LogP contribution in [0.5, 0.6) is 0 Å². The van der Waals surface area contributed by atoms with E-state index in [4.69, 9.17) is 6.42 Å². The van der Waals surface area contributed by atoms with Gasteiger partial charge < -0.3 is 16.0 Å². The minimum Gasteiger partial charge on any atom is -0.357 e. The fourth-order valence-electron chi connectivity index (χ4n) is 2.62. The normalized spacial score (nSPS) is 10.4. The number of aryl methyl sites for hydroxylation is 1. The summed E-state index contributed by atoms with van der Waals surface area (Å²) in [5.41, 5.74) is 3.87. The van der Waals surface area contributed by atoms with Crippen LogP contribution in [-0.4, -0.2) is 25.0 Å². The summed E-state index contributed by atoms with van der Waals surface area (Å²) in [5.74, 6) is 3.00. The third kappa shape index (κ3) is 7.61. The second-order valence-corrected chi connectivity index (χ2v) is 5.94. The number of rotatable bonds is 7. The Hall–Kier alpha value is -2.53. The van der Waals surface area contributed by atoms with E-state index >= 15 is 0 Å². The molecule has 0 fully saturated rings. The van der Waals surface area contributed by atoms with Gasteiger partial charge >= 0.3 is 0 Å². The number of nitrogens with zero attached hydrogens (tertiary/aromatic N) is 1. The molecule has 0 aliphatic rings. The predicted octanol–water partition coefficient (Wildman–Crippen LogP) is 3.54. The van der Waals surface area contributed by atoms with E-state index in [0.717, 1.165) is 12.0 Å². The molecule has 0 saturated carbocycles. The number of nitrogens with one attached hydrogen (secondary N) is 3. The number of aliphatic imine (C=N–C) groups is 1. The lowest BCUT2D eigenvalue weighted by atomic mass is 10.1. The minimum atomic E-state index is -0.163. The maximum atomic E-state index is 12.2. The molecule has 1 amide bonds. The zero-order valence-electron chi connectivity index (χ0n) is 16.3. The maximum absolute atomic E-state index is 12.2. The smallest absolute Gasteiger partial charge is 0.243 e. The largest absolute Gasteiger partial charge is 0.357 e. The van der Waals surface area contributed by atoms with Crippen molar-refractivity contribution in [1.29, 1.82) is 0 Å². The number of guanidine groups is 1. The van der Waals surface area contributed by atoms with Crippen LogP contribution in [0, 0.1) is 12.3 Å². The van der Waals surface area contributed by atoms with Crippen molar-refractivity contribution in [2.75, 3.05) is 18.4 Å². The number of hydrogen-bond donors (Lipinski definition) is 3. The minimum absolute atomic E-state index is 0. The molecule has 2 rings (SSSR count). The van der Waals surface area contributed by atoms with Crippen LogP contribution in [0.15, 0.2) is 53.5 Å². The highest BCUT2D eigenvalue weighted by Gasteiger charge is 2.05. The molecule has 0 atom stereocenters. The van der Waals surface area contributed by atoms with Crippen molar-refractivity contribution in [3.63, 3.8) is 0 Å². The summed E-state index contributed by atoms with van der Waals surface area (Å²) in [6.07, 6.45) is 6.35. The molecular weight excluding hydrogens is 463 g/mol. The van der Waals surface area contributed by atoms with Crippen LogP contribution in [0.3, 0.4) is 0 Å². The summed E-state index contributed by atoms with van der Waals surface area (Å²) in [6.45, 7) is 5.51. The average molecular weight is 490 g/mol. The monoisotopic (exact) mass is 490 g/mol. The Morgan fingerprint density at radius 1 is 1.07 bits per heavy atom. The number of amides is 1. The first-order valence-corrected chi connectivity index (χ1v) is 9.11. The number of benzene rings is 2. The van der Waals surface area contributed by atoms with E-state index in [9.17, 15) is 4.79 Å². The van der Waals surface area contributed by atoms with Crippen molar-refractivity contribution < 1.29 is 4.79 Å². The van der Waals surface area contributed by atoms with Crippen molar-refractivity contribution in [2.24, 2.45) is 4.99 Å². The van der Waals surface area contributed by atoms with Crippen molar-refractivity contribution in [2.45, 2.75) is 26.8 Å². The first-order valence-electron chi connectivity index (χ1n) is 9.11. The Morgan fingerprint density at radius 2 is 1.82 bits per heavy atom. The first-order chi connectivity index (χ1) is 13.2. The van der Waals surface area contributed by atoms with Crippen LogP contribution in [0.4, 0.5) is 5.69 Å². The van der Waals surface area contributed by atoms with Gasteiger partial charge in [-0.05, 0) is 42.7 Å². The van der Waals surface area contributed by atoms with Gasteiger partial charge in [-0.25, -0.2) is 4.99 Å². The van der Waals surface area contributed by atoms with Gasteiger partial charge in [-0.3, -0.25) is 4.79 Å². The standard InChI is InChI=1S/C22H26N4O.HI/c1-4-17-10-9-13-20(14-17)26-21(27)16-25-22(23-6-3)24-15-19-12-8-7-11-18(19)5-2;/h1,7-14H,5-6,15-16H2,2-3H3,(H,26,27)(H2,23,24,25);1H. The molecule has 0 bridgehead atoms. The van der Waals surface area contributed by atoms with Gasteiger partial charge in [-0.15, -0.1) is 30.4 Å². The maximum Gasteiger partial charge on any atom is 0.243 e. The van der Waals surface area contributed by atoms with Crippen molar-refractivity contribution in [1.82, 2.24) is 10.6 Å². The van der Waals surface area contributed by atoms with Gasteiger partial charge in [0.15, 0.2) is 5.96 Å². The van der Waals surface area contributed by atoms with Gasteiger partial charge in [-0.1, -0.05) is 43.2 Å². The molecule has 0 heterocycles. The number of halogens is 1. The Bertz CT molecular complexity index is 842. The van der Waals surface area contributed by atoms with E-state index in [2.05, 4.69) is 45.9 Å². The molecule has 0 aromatic heterocycles. The fraction of sp³-hybridized carbons (Fsp3) is 0.273. The molecule has 2 aromatic rings. The number of carbonyl (C=O) groups excluding carboxylic acids is 1. The molecule has 5 nitrogen and oxygen atoms in total. The number of hydrogen-bond acceptors (Lipinski definition) is 2. The number of terminal acetylenes is 1. The Kier molecular flexibility index (Phi) is 10.7. The van der Waals surface area contributed by atoms with Crippen molar-refractivity contribution in [3.05, 3.63) is 65.2 Å². The van der Waals surface area contributed by atoms with Crippen LogP contribution in [-0.2, 0) is 17.8 Å². The summed E-state index contributed by atoms with van der Waals surface area (Å²) in [5, 5.41) is 9.05. The van der Waals surface area contributed by atoms with Gasteiger partial charge in [0.05, 0.1) is 13.1 Å². The molecule has 6 heteroatoms. The Labute approximate surface area is 184 Å². The quantitative estimate of drug-likeness (QED) is 0.241. The fourth-order valence-corrected chi connectivity index (χ4v) is 2.62. The molecule has 3 N–H and O–H groups in total. The summed E-state index contributed by atoms with van der Waals surface area (Å²) in [6, 6.07) is 15.4. The van der Waals surface area contributed by atoms with Crippen LogP contribution < -0.4 is 16.0 Å². The summed E-state index contributed by atoms with van der Waals surface area (Å²) >= 11 is 0. The number of anilines is 1. The number of carbonyl (C=O) groups is 1. The van der Waals surface area contributed by atoms with E-state index in [-0.39, 0.29) is 36.4 Å². The van der Waals surface area contributed by atoms with Gasteiger partial charge in [-0.2, -0.15) is 0 Å². The topological polar surface area (TPSA) is 65.5 Å². The molecule has 148 valence electrons. The molecule has 0 unspecified atom stereocenters. The molecule has 0 radical (unpaired) electrons. The zero-order chi connectivity index (χ0) is 19.5. The van der Waals surface area contributed by atoms with Crippen molar-refractivity contribution in [3.8, 4) is 12.3 Å². The van der Waals surface area contributed by atoms with Crippen LogP contribution >= 0.6 is 24.0 Å². The van der Waals surface area contributed by atoms with Crippen LogP contribution in [0.1, 0.15) is 30.5 Å². The summed E-state index contributed by atoms with van der Waals surface area (Å²) in [7, 11) is 0. The SMILES string of the molecule is C#Cc1cccc(NC(=O)CNC(=NCc2ccccc2CC)NCC)c1.I. The summed E-state index contributed by atoms with van der Waals surface area (Å²) in [4.78, 5) is 16.8. The first kappa shape index (κ1) is 23.5. The third-order valence-electron chi connectivity index (χ3n) is 3.98. The molecular formula is C22H27IN4O. The van der Waals surface area contributed by atoms with Gasteiger partial charge in [0.2, 0.25) is 5.91 Å². The molecule has 0 saturated heterocycles. The Morgan fingerprint density at radius 3 is 2.50 bits per heavy atom. The van der Waals surface area contributed by atoms with E-state index in [1.54, 1.807) is 12.1 Å². The van der Waals surface area contributed by atoms with Crippen LogP contribution in [0.2, 0.25) is 0 Å². The zero-order valence-corrected chi connectivity index (χ0v) is 18.6.